The summed E-state index contributed by atoms with van der Waals surface area (Å²) in [7, 11) is 0. The van der Waals surface area contributed by atoms with Gasteiger partial charge in [-0.15, -0.1) is 0 Å². The number of benzene rings is 1. The molecular formula is C16H21NO6. The van der Waals surface area contributed by atoms with Gasteiger partial charge in [0.2, 0.25) is 0 Å². The predicted octanol–water partition coefficient (Wildman–Crippen LogP) is 1.44. The third-order valence-corrected chi connectivity index (χ3v) is 3.22. The lowest BCUT2D eigenvalue weighted by atomic mass is 9.94. The van der Waals surface area contributed by atoms with E-state index in [2.05, 4.69) is 17.4 Å². The maximum Gasteiger partial charge on any atom is 0.414 e. The van der Waals surface area contributed by atoms with Crippen molar-refractivity contribution in [2.75, 3.05) is 6.54 Å². The number of carboxylic acids is 2. The Balaban J connectivity index is 0.000000379. The van der Waals surface area contributed by atoms with E-state index in [1.165, 1.54) is 0 Å². The van der Waals surface area contributed by atoms with Gasteiger partial charge >= 0.3 is 17.9 Å². The number of hydrogen-bond acceptors (Lipinski definition) is 5. The minimum absolute atomic E-state index is 0.0421. The van der Waals surface area contributed by atoms with Gasteiger partial charge in [0.1, 0.15) is 0 Å². The summed E-state index contributed by atoms with van der Waals surface area (Å²) in [6.45, 7) is 4.65. The highest BCUT2D eigenvalue weighted by Crippen LogP contribution is 2.30. The van der Waals surface area contributed by atoms with E-state index in [9.17, 15) is 4.79 Å². The van der Waals surface area contributed by atoms with Gasteiger partial charge in [-0.1, -0.05) is 30.3 Å². The zero-order valence-electron chi connectivity index (χ0n) is 13.1. The third kappa shape index (κ3) is 6.07. The second-order valence-corrected chi connectivity index (χ2v) is 5.33. The van der Waals surface area contributed by atoms with Crippen LogP contribution in [-0.4, -0.2) is 40.8 Å². The van der Waals surface area contributed by atoms with Crippen LogP contribution in [0.25, 0.3) is 0 Å². The van der Waals surface area contributed by atoms with Crippen molar-refractivity contribution >= 4 is 17.9 Å². The molecule has 3 N–H and O–H groups in total. The van der Waals surface area contributed by atoms with E-state index in [-0.39, 0.29) is 24.0 Å². The minimum atomic E-state index is -1.82. The summed E-state index contributed by atoms with van der Waals surface area (Å²) < 4.78 is 5.31. The number of esters is 1. The molecule has 1 aliphatic heterocycles. The van der Waals surface area contributed by atoms with Gasteiger partial charge in [-0.25, -0.2) is 9.59 Å². The summed E-state index contributed by atoms with van der Waals surface area (Å²) >= 11 is 0. The van der Waals surface area contributed by atoms with Crippen LogP contribution in [0.3, 0.4) is 0 Å². The zero-order chi connectivity index (χ0) is 17.4. The number of carbonyl (C=O) groups excluding carboxylic acids is 1. The maximum absolute atomic E-state index is 12.0. The summed E-state index contributed by atoms with van der Waals surface area (Å²) in [6.07, 6.45) is 0.810. The van der Waals surface area contributed by atoms with E-state index >= 15 is 0 Å². The smallest absolute Gasteiger partial charge is 0.414 e. The average molecular weight is 323 g/mol. The van der Waals surface area contributed by atoms with Crippen LogP contribution in [0.2, 0.25) is 0 Å². The molecule has 1 aromatic rings. The number of rotatable bonds is 3. The lowest BCUT2D eigenvalue weighted by Gasteiger charge is -2.20. The molecule has 1 aromatic carbocycles. The molecule has 0 spiro atoms. The second kappa shape index (κ2) is 8.89. The van der Waals surface area contributed by atoms with Gasteiger partial charge in [-0.2, -0.15) is 0 Å². The highest BCUT2D eigenvalue weighted by atomic mass is 16.5. The molecule has 126 valence electrons. The van der Waals surface area contributed by atoms with Crippen LogP contribution in [0.1, 0.15) is 31.9 Å². The Kier molecular flexibility index (Phi) is 7.21. The highest BCUT2D eigenvalue weighted by Gasteiger charge is 2.35. The first-order valence-corrected chi connectivity index (χ1v) is 7.28. The number of hydrogen-bond donors (Lipinski definition) is 3. The summed E-state index contributed by atoms with van der Waals surface area (Å²) in [6, 6.07) is 10.2. The zero-order valence-corrected chi connectivity index (χ0v) is 13.1. The Bertz CT molecular complexity index is 531. The van der Waals surface area contributed by atoms with Crippen LogP contribution in [0, 0.1) is 5.92 Å². The summed E-state index contributed by atoms with van der Waals surface area (Å²) in [5.74, 6) is -3.79. The fraction of sp³-hybridized carbons (Fsp3) is 0.438. The Hall–Kier alpha value is -2.41. The van der Waals surface area contributed by atoms with Crippen molar-refractivity contribution in [3.63, 3.8) is 0 Å². The van der Waals surface area contributed by atoms with Crippen LogP contribution in [-0.2, 0) is 19.1 Å². The first-order chi connectivity index (χ1) is 10.8. The molecule has 1 aliphatic rings. The molecule has 7 nitrogen and oxygen atoms in total. The molecule has 0 aromatic heterocycles. The first-order valence-electron chi connectivity index (χ1n) is 7.28. The van der Waals surface area contributed by atoms with Gasteiger partial charge in [0.05, 0.1) is 12.0 Å². The molecule has 0 radical (unpaired) electrons. The van der Waals surface area contributed by atoms with Crippen molar-refractivity contribution in [2.24, 2.45) is 5.92 Å². The van der Waals surface area contributed by atoms with Crippen molar-refractivity contribution in [1.82, 2.24) is 5.32 Å². The van der Waals surface area contributed by atoms with E-state index in [1.54, 1.807) is 0 Å². The fourth-order valence-electron chi connectivity index (χ4n) is 2.29. The molecule has 0 bridgehead atoms. The van der Waals surface area contributed by atoms with Crippen molar-refractivity contribution in [3.05, 3.63) is 35.9 Å². The van der Waals surface area contributed by atoms with Crippen LogP contribution < -0.4 is 5.32 Å². The van der Waals surface area contributed by atoms with Gasteiger partial charge < -0.3 is 20.3 Å². The number of carbonyl (C=O) groups is 3. The highest BCUT2D eigenvalue weighted by molar-refractivity contribution is 6.27. The quantitative estimate of drug-likeness (QED) is 0.570. The SMILES string of the molecule is CC(C)OC(=O)[C@@H]1CCN[C@@H]1c1ccccc1.O=C(O)C(=O)O. The number of ether oxygens (including phenoxy) is 1. The van der Waals surface area contributed by atoms with E-state index < -0.39 is 11.9 Å². The Morgan fingerprint density at radius 2 is 1.70 bits per heavy atom. The molecular weight excluding hydrogens is 302 g/mol. The van der Waals surface area contributed by atoms with Crippen molar-refractivity contribution in [3.8, 4) is 0 Å². The number of nitrogens with one attached hydrogen (secondary N) is 1. The van der Waals surface area contributed by atoms with E-state index in [1.807, 2.05) is 32.0 Å². The second-order valence-electron chi connectivity index (χ2n) is 5.33. The Morgan fingerprint density at radius 1 is 1.13 bits per heavy atom. The molecule has 2 atom stereocenters. The predicted molar refractivity (Wildman–Crippen MR) is 81.8 cm³/mol. The molecule has 0 amide bonds. The number of aliphatic carboxylic acids is 2. The van der Waals surface area contributed by atoms with Gasteiger partial charge in [-0.05, 0) is 32.4 Å². The third-order valence-electron chi connectivity index (χ3n) is 3.22. The van der Waals surface area contributed by atoms with E-state index in [0.717, 1.165) is 18.5 Å². The summed E-state index contributed by atoms with van der Waals surface area (Å²) in [4.78, 5) is 30.2. The first kappa shape index (κ1) is 18.6. The van der Waals surface area contributed by atoms with Gasteiger partial charge in [0, 0.05) is 6.04 Å². The molecule has 2 rings (SSSR count). The normalized spacial score (nSPS) is 19.6. The molecule has 23 heavy (non-hydrogen) atoms. The van der Waals surface area contributed by atoms with Gasteiger partial charge in [-0.3, -0.25) is 4.79 Å². The monoisotopic (exact) mass is 323 g/mol. The topological polar surface area (TPSA) is 113 Å². The molecule has 7 heteroatoms. The molecule has 1 saturated heterocycles. The fourth-order valence-corrected chi connectivity index (χ4v) is 2.29. The van der Waals surface area contributed by atoms with Crippen molar-refractivity contribution in [2.45, 2.75) is 32.4 Å². The van der Waals surface area contributed by atoms with E-state index in [4.69, 9.17) is 24.5 Å². The lowest BCUT2D eigenvalue weighted by Crippen LogP contribution is -2.26. The Morgan fingerprint density at radius 3 is 2.17 bits per heavy atom. The standard InChI is InChI=1S/C14H19NO2.C2H2O4/c1-10(2)17-14(16)12-8-9-15-13(12)11-6-4-3-5-7-11;3-1(4)2(5)6/h3-7,10,12-13,15H,8-9H2,1-2H3;(H,3,4)(H,5,6)/t12-,13-;/m1./s1. The number of carboxylic acid groups (broad SMARTS) is 2. The molecule has 1 fully saturated rings. The molecule has 0 saturated carbocycles. The molecule has 0 aliphatic carbocycles. The average Bonchev–Trinajstić information content (AvgIpc) is 2.97. The van der Waals surface area contributed by atoms with Gasteiger partial charge in [0.25, 0.3) is 0 Å². The van der Waals surface area contributed by atoms with Crippen LogP contribution in [0.15, 0.2) is 30.3 Å². The molecule has 1 heterocycles. The van der Waals surface area contributed by atoms with Crippen LogP contribution >= 0.6 is 0 Å². The van der Waals surface area contributed by atoms with Crippen LogP contribution in [0.4, 0.5) is 0 Å². The lowest BCUT2D eigenvalue weighted by molar-refractivity contribution is -0.159. The largest absolute Gasteiger partial charge is 0.473 e. The Labute approximate surface area is 134 Å². The maximum atomic E-state index is 12.0. The van der Waals surface area contributed by atoms with Crippen molar-refractivity contribution in [1.29, 1.82) is 0 Å². The van der Waals surface area contributed by atoms with Gasteiger partial charge in [0.15, 0.2) is 0 Å². The summed E-state index contributed by atoms with van der Waals surface area (Å²) in [5, 5.41) is 18.2. The van der Waals surface area contributed by atoms with Crippen LogP contribution in [0.5, 0.6) is 0 Å². The minimum Gasteiger partial charge on any atom is -0.473 e. The molecule has 0 unspecified atom stereocenters. The van der Waals surface area contributed by atoms with E-state index in [0.29, 0.717) is 0 Å². The summed E-state index contributed by atoms with van der Waals surface area (Å²) in [5.41, 5.74) is 1.16. The van der Waals surface area contributed by atoms with Crippen molar-refractivity contribution < 1.29 is 29.3 Å².